The van der Waals surface area contributed by atoms with Crippen LogP contribution in [-0.4, -0.2) is 34.9 Å². The lowest BCUT2D eigenvalue weighted by Gasteiger charge is -2.32. The Morgan fingerprint density at radius 3 is 2.96 bits per heavy atom. The zero-order valence-electron chi connectivity index (χ0n) is 13.6. The van der Waals surface area contributed by atoms with Crippen LogP contribution in [0.4, 0.5) is 4.39 Å². The highest BCUT2D eigenvalue weighted by molar-refractivity contribution is 5.79. The number of aromatic nitrogens is 1. The molecule has 1 aliphatic heterocycles. The number of nitrogens with one attached hydrogen (secondary N) is 1. The van der Waals surface area contributed by atoms with Gasteiger partial charge in [0.25, 0.3) is 0 Å². The molecule has 23 heavy (non-hydrogen) atoms. The van der Waals surface area contributed by atoms with Crippen molar-refractivity contribution >= 4 is 5.91 Å². The van der Waals surface area contributed by atoms with Gasteiger partial charge in [0.2, 0.25) is 5.91 Å². The molecule has 0 radical (unpaired) electrons. The van der Waals surface area contributed by atoms with Gasteiger partial charge >= 0.3 is 0 Å². The van der Waals surface area contributed by atoms with Crippen molar-refractivity contribution in [2.45, 2.75) is 57.5 Å². The van der Waals surface area contributed by atoms with Gasteiger partial charge in [-0.25, -0.2) is 4.39 Å². The second-order valence-corrected chi connectivity index (χ2v) is 6.75. The summed E-state index contributed by atoms with van der Waals surface area (Å²) in [5, 5.41) is 3.10. The molecule has 3 rings (SSSR count). The third-order valence-electron chi connectivity index (χ3n) is 5.19. The SMILES string of the molecule is O=C1NCCCCCCN(Cc2ccncc2F)C2CCCC12. The van der Waals surface area contributed by atoms with E-state index in [2.05, 4.69) is 15.2 Å². The first-order chi connectivity index (χ1) is 11.3. The fraction of sp³-hybridized carbons (Fsp3) is 0.667. The van der Waals surface area contributed by atoms with Gasteiger partial charge in [-0.2, -0.15) is 0 Å². The van der Waals surface area contributed by atoms with Crippen LogP contribution in [0.5, 0.6) is 0 Å². The smallest absolute Gasteiger partial charge is 0.224 e. The Kier molecular flexibility index (Phi) is 5.60. The largest absolute Gasteiger partial charge is 0.356 e. The summed E-state index contributed by atoms with van der Waals surface area (Å²) < 4.78 is 14.0. The number of hydrogen-bond donors (Lipinski definition) is 1. The van der Waals surface area contributed by atoms with E-state index >= 15 is 0 Å². The second-order valence-electron chi connectivity index (χ2n) is 6.75. The first-order valence-corrected chi connectivity index (χ1v) is 8.86. The number of rotatable bonds is 2. The molecule has 2 fully saturated rings. The summed E-state index contributed by atoms with van der Waals surface area (Å²) in [5.74, 6) is -0.00610. The number of carbonyl (C=O) groups is 1. The number of halogens is 1. The minimum atomic E-state index is -0.249. The Morgan fingerprint density at radius 2 is 2.09 bits per heavy atom. The van der Waals surface area contributed by atoms with Crippen LogP contribution >= 0.6 is 0 Å². The summed E-state index contributed by atoms with van der Waals surface area (Å²) in [4.78, 5) is 18.6. The Hall–Kier alpha value is -1.49. The molecule has 5 heteroatoms. The number of hydrogen-bond acceptors (Lipinski definition) is 3. The van der Waals surface area contributed by atoms with E-state index in [1.165, 1.54) is 12.6 Å². The Bertz CT molecular complexity index is 537. The minimum Gasteiger partial charge on any atom is -0.356 e. The van der Waals surface area contributed by atoms with Gasteiger partial charge in [-0.3, -0.25) is 14.7 Å². The van der Waals surface area contributed by atoms with Gasteiger partial charge in [-0.05, 0) is 38.3 Å². The highest BCUT2D eigenvalue weighted by Crippen LogP contribution is 2.32. The van der Waals surface area contributed by atoms with E-state index < -0.39 is 0 Å². The molecule has 126 valence electrons. The third-order valence-corrected chi connectivity index (χ3v) is 5.19. The van der Waals surface area contributed by atoms with Crippen LogP contribution in [0.1, 0.15) is 50.5 Å². The average Bonchev–Trinajstić information content (AvgIpc) is 3.02. The molecule has 1 saturated carbocycles. The Balaban J connectivity index is 1.78. The van der Waals surface area contributed by atoms with Crippen molar-refractivity contribution in [3.05, 3.63) is 29.8 Å². The van der Waals surface area contributed by atoms with Crippen LogP contribution in [0.25, 0.3) is 0 Å². The van der Waals surface area contributed by atoms with Crippen LogP contribution in [0.15, 0.2) is 18.5 Å². The first kappa shape index (κ1) is 16.4. The molecule has 1 aromatic heterocycles. The fourth-order valence-corrected chi connectivity index (χ4v) is 3.93. The van der Waals surface area contributed by atoms with E-state index in [9.17, 15) is 9.18 Å². The van der Waals surface area contributed by atoms with Gasteiger partial charge < -0.3 is 5.32 Å². The maximum atomic E-state index is 14.0. The van der Waals surface area contributed by atoms with E-state index in [1.54, 1.807) is 12.3 Å². The molecule has 1 aromatic rings. The van der Waals surface area contributed by atoms with E-state index in [1.807, 2.05) is 0 Å². The van der Waals surface area contributed by atoms with Gasteiger partial charge in [-0.15, -0.1) is 0 Å². The van der Waals surface area contributed by atoms with E-state index in [-0.39, 0.29) is 23.7 Å². The van der Waals surface area contributed by atoms with Crippen molar-refractivity contribution in [2.75, 3.05) is 13.1 Å². The summed E-state index contributed by atoms with van der Waals surface area (Å²) in [5.41, 5.74) is 0.681. The van der Waals surface area contributed by atoms with Gasteiger partial charge in [0.1, 0.15) is 5.82 Å². The third kappa shape index (κ3) is 4.08. The molecular weight excluding hydrogens is 293 g/mol. The van der Waals surface area contributed by atoms with Crippen molar-refractivity contribution in [2.24, 2.45) is 5.92 Å². The quantitative estimate of drug-likeness (QED) is 0.912. The monoisotopic (exact) mass is 319 g/mol. The molecule has 1 N–H and O–H groups in total. The average molecular weight is 319 g/mol. The number of pyridine rings is 1. The Labute approximate surface area is 137 Å². The number of carbonyl (C=O) groups excluding carboxylic acids is 1. The molecule has 1 aliphatic carbocycles. The van der Waals surface area contributed by atoms with E-state index in [0.717, 1.165) is 51.6 Å². The summed E-state index contributed by atoms with van der Waals surface area (Å²) >= 11 is 0. The molecule has 4 nitrogen and oxygen atoms in total. The van der Waals surface area contributed by atoms with Crippen molar-refractivity contribution < 1.29 is 9.18 Å². The molecule has 0 bridgehead atoms. The van der Waals surface area contributed by atoms with Gasteiger partial charge in [0.15, 0.2) is 0 Å². The topological polar surface area (TPSA) is 45.2 Å². The second kappa shape index (κ2) is 7.86. The molecule has 2 unspecified atom stereocenters. The van der Waals surface area contributed by atoms with Crippen LogP contribution in [0, 0.1) is 11.7 Å². The van der Waals surface area contributed by atoms with Crippen LogP contribution in [0.3, 0.4) is 0 Å². The summed E-state index contributed by atoms with van der Waals surface area (Å²) in [7, 11) is 0. The standard InChI is InChI=1S/C18H26FN3O/c19-16-12-20-10-8-14(16)13-22-11-4-2-1-3-9-21-18(23)15-6-5-7-17(15)22/h8,10,12,15,17H,1-7,9,11,13H2,(H,21,23). The highest BCUT2D eigenvalue weighted by Gasteiger charge is 2.36. The molecule has 2 atom stereocenters. The highest BCUT2D eigenvalue weighted by atomic mass is 19.1. The Morgan fingerprint density at radius 1 is 1.22 bits per heavy atom. The zero-order valence-corrected chi connectivity index (χ0v) is 13.6. The summed E-state index contributed by atoms with van der Waals surface area (Å²) in [6.45, 7) is 2.31. The van der Waals surface area contributed by atoms with Crippen LogP contribution in [-0.2, 0) is 11.3 Å². The molecule has 0 spiro atoms. The number of fused-ring (bicyclic) bond motifs is 1. The summed E-state index contributed by atoms with van der Waals surface area (Å²) in [6, 6.07) is 1.99. The van der Waals surface area contributed by atoms with Gasteiger partial charge in [0, 0.05) is 30.9 Å². The van der Waals surface area contributed by atoms with Crippen LogP contribution < -0.4 is 5.32 Å². The predicted molar refractivity (Wildman–Crippen MR) is 87.2 cm³/mol. The van der Waals surface area contributed by atoms with Crippen molar-refractivity contribution in [3.63, 3.8) is 0 Å². The first-order valence-electron chi connectivity index (χ1n) is 8.86. The lowest BCUT2D eigenvalue weighted by Crippen LogP contribution is -2.44. The number of nitrogens with zero attached hydrogens (tertiary/aromatic N) is 2. The fourth-order valence-electron chi connectivity index (χ4n) is 3.93. The lowest BCUT2D eigenvalue weighted by atomic mass is 10.00. The molecule has 2 aliphatic rings. The van der Waals surface area contributed by atoms with Crippen molar-refractivity contribution in [3.8, 4) is 0 Å². The molecule has 0 aromatic carbocycles. The molecular formula is C18H26FN3O. The molecule has 1 saturated heterocycles. The minimum absolute atomic E-state index is 0.0537. The van der Waals surface area contributed by atoms with Crippen molar-refractivity contribution in [1.82, 2.24) is 15.2 Å². The summed E-state index contributed by atoms with van der Waals surface area (Å²) in [6.07, 6.45) is 10.5. The van der Waals surface area contributed by atoms with Gasteiger partial charge in [0.05, 0.1) is 12.1 Å². The molecule has 2 heterocycles. The number of amides is 1. The maximum Gasteiger partial charge on any atom is 0.224 e. The normalized spacial score (nSPS) is 27.1. The van der Waals surface area contributed by atoms with Crippen molar-refractivity contribution in [1.29, 1.82) is 0 Å². The lowest BCUT2D eigenvalue weighted by molar-refractivity contribution is -0.126. The predicted octanol–water partition coefficient (Wildman–Crippen LogP) is 2.88. The van der Waals surface area contributed by atoms with E-state index in [4.69, 9.17) is 0 Å². The maximum absolute atomic E-state index is 14.0. The van der Waals surface area contributed by atoms with E-state index in [0.29, 0.717) is 12.1 Å². The zero-order chi connectivity index (χ0) is 16.1. The van der Waals surface area contributed by atoms with Gasteiger partial charge in [-0.1, -0.05) is 19.3 Å². The molecule has 1 amide bonds. The van der Waals surface area contributed by atoms with Crippen LogP contribution in [0.2, 0.25) is 0 Å².